The molecule has 1 unspecified atom stereocenters. The number of amides is 4. The van der Waals surface area contributed by atoms with Crippen molar-refractivity contribution in [3.05, 3.63) is 95.1 Å². The maximum absolute atomic E-state index is 13.8. The van der Waals surface area contributed by atoms with E-state index in [9.17, 15) is 14.4 Å². The van der Waals surface area contributed by atoms with Crippen molar-refractivity contribution >= 4 is 29.2 Å². The number of carbonyl (C=O) groups excluding carboxylic acids is 3. The molecule has 3 aliphatic rings. The third-order valence-electron chi connectivity index (χ3n) is 7.32. The summed E-state index contributed by atoms with van der Waals surface area (Å²) in [5.74, 6) is -0.638. The van der Waals surface area contributed by atoms with Crippen LogP contribution in [0, 0.1) is 0 Å². The first-order chi connectivity index (χ1) is 16.6. The number of rotatable bonds is 2. The zero-order chi connectivity index (χ0) is 23.3. The van der Waals surface area contributed by atoms with Crippen molar-refractivity contribution in [1.29, 1.82) is 0 Å². The summed E-state index contributed by atoms with van der Waals surface area (Å²) < 4.78 is 0. The lowest BCUT2D eigenvalue weighted by molar-refractivity contribution is -0.135. The van der Waals surface area contributed by atoms with Gasteiger partial charge in [0.2, 0.25) is 0 Å². The number of fused-ring (bicyclic) bond motifs is 4. The predicted molar refractivity (Wildman–Crippen MR) is 129 cm³/mol. The average Bonchev–Trinajstić information content (AvgIpc) is 3.00. The number of carbonyl (C=O) groups is 3. The fraction of sp³-hybridized carbons (Fsp3) is 0.250. The van der Waals surface area contributed by atoms with E-state index in [1.165, 1.54) is 0 Å². The summed E-state index contributed by atoms with van der Waals surface area (Å²) in [6.07, 6.45) is 3.85. The van der Waals surface area contributed by atoms with E-state index >= 15 is 0 Å². The topological polar surface area (TPSA) is 69.7 Å². The largest absolute Gasteiger partial charge is 0.325 e. The van der Waals surface area contributed by atoms with Crippen molar-refractivity contribution in [1.82, 2.24) is 10.2 Å². The summed E-state index contributed by atoms with van der Waals surface area (Å²) in [4.78, 5) is 43.3. The van der Waals surface area contributed by atoms with Gasteiger partial charge in [0, 0.05) is 0 Å². The Morgan fingerprint density at radius 1 is 0.794 bits per heavy atom. The van der Waals surface area contributed by atoms with E-state index in [2.05, 4.69) is 5.32 Å². The Balaban J connectivity index is 1.36. The summed E-state index contributed by atoms with van der Waals surface area (Å²) >= 11 is 0. The predicted octanol–water partition coefficient (Wildman–Crippen LogP) is 4.23. The lowest BCUT2D eigenvalue weighted by Gasteiger charge is -2.33. The van der Waals surface area contributed by atoms with Crippen LogP contribution in [-0.4, -0.2) is 29.3 Å². The smallest absolute Gasteiger partial charge is 0.319 e. The van der Waals surface area contributed by atoms with Gasteiger partial charge in [0.25, 0.3) is 11.8 Å². The third-order valence-corrected chi connectivity index (χ3v) is 7.32. The molecular weight excluding hydrogens is 426 g/mol. The van der Waals surface area contributed by atoms with Crippen LogP contribution >= 0.6 is 0 Å². The number of imide groups is 1. The van der Waals surface area contributed by atoms with E-state index in [1.54, 1.807) is 4.90 Å². The number of nitrogens with zero attached hydrogens (tertiary/aromatic N) is 2. The number of nitrogens with one attached hydrogen (secondary N) is 1. The molecule has 2 aliphatic heterocycles. The first-order valence-electron chi connectivity index (χ1n) is 11.8. The summed E-state index contributed by atoms with van der Waals surface area (Å²) in [5, 5.41) is 2.95. The summed E-state index contributed by atoms with van der Waals surface area (Å²) in [6.45, 7) is -0.308. The van der Waals surface area contributed by atoms with Crippen molar-refractivity contribution < 1.29 is 14.4 Å². The zero-order valence-electron chi connectivity index (χ0n) is 18.8. The van der Waals surface area contributed by atoms with E-state index in [-0.39, 0.29) is 18.4 Å². The molecule has 3 aromatic rings. The van der Waals surface area contributed by atoms with E-state index in [0.717, 1.165) is 64.2 Å². The molecule has 6 heteroatoms. The Morgan fingerprint density at radius 3 is 2.06 bits per heavy atom. The Kier molecular flexibility index (Phi) is 4.76. The average molecular weight is 452 g/mol. The summed E-state index contributed by atoms with van der Waals surface area (Å²) in [5.41, 5.74) is 4.60. The molecule has 4 amide bonds. The maximum Gasteiger partial charge on any atom is 0.325 e. The Morgan fingerprint density at radius 2 is 1.38 bits per heavy atom. The molecule has 2 heterocycles. The van der Waals surface area contributed by atoms with Crippen molar-refractivity contribution in [3.63, 3.8) is 0 Å². The van der Waals surface area contributed by atoms with Gasteiger partial charge in [0.1, 0.15) is 12.1 Å². The number of hydrogen-bond donors (Lipinski definition) is 1. The van der Waals surface area contributed by atoms with Gasteiger partial charge in [-0.2, -0.15) is 0 Å². The lowest BCUT2D eigenvalue weighted by Crippen LogP contribution is -2.47. The monoisotopic (exact) mass is 451 g/mol. The van der Waals surface area contributed by atoms with Crippen molar-refractivity contribution in [2.75, 3.05) is 11.4 Å². The van der Waals surface area contributed by atoms with Gasteiger partial charge in [-0.1, -0.05) is 60.7 Å². The fourth-order valence-corrected chi connectivity index (χ4v) is 5.71. The molecule has 1 atom stereocenters. The molecule has 1 spiro atoms. The van der Waals surface area contributed by atoms with E-state index < -0.39 is 11.6 Å². The Labute approximate surface area is 198 Å². The summed E-state index contributed by atoms with van der Waals surface area (Å²) in [6, 6.07) is 23.0. The van der Waals surface area contributed by atoms with Crippen LogP contribution in [0.25, 0.3) is 0 Å². The van der Waals surface area contributed by atoms with Crippen LogP contribution in [0.3, 0.4) is 0 Å². The Hall–Kier alpha value is -3.93. The van der Waals surface area contributed by atoms with Gasteiger partial charge in [-0.25, -0.2) is 4.79 Å². The number of benzene rings is 3. The highest BCUT2D eigenvalue weighted by Gasteiger charge is 2.54. The molecule has 0 radical (unpaired) electrons. The quantitative estimate of drug-likeness (QED) is 0.593. The normalized spacial score (nSPS) is 20.9. The second-order valence-corrected chi connectivity index (χ2v) is 9.22. The lowest BCUT2D eigenvalue weighted by atomic mass is 9.76. The molecule has 3 aromatic carbocycles. The van der Waals surface area contributed by atoms with Crippen LogP contribution in [0.4, 0.5) is 16.2 Å². The molecule has 170 valence electrons. The minimum absolute atomic E-state index is 0.300. The molecule has 0 aromatic heterocycles. The second-order valence-electron chi connectivity index (χ2n) is 9.22. The van der Waals surface area contributed by atoms with Crippen molar-refractivity contribution in [2.45, 2.75) is 37.6 Å². The van der Waals surface area contributed by atoms with Gasteiger partial charge in [-0.05, 0) is 66.5 Å². The first kappa shape index (κ1) is 20.7. The molecule has 0 saturated carbocycles. The number of anilines is 2. The third kappa shape index (κ3) is 3.05. The molecule has 34 heavy (non-hydrogen) atoms. The van der Waals surface area contributed by atoms with Gasteiger partial charge in [-0.15, -0.1) is 0 Å². The van der Waals surface area contributed by atoms with E-state index in [0.29, 0.717) is 6.42 Å². The molecule has 1 aliphatic carbocycles. The van der Waals surface area contributed by atoms with Crippen molar-refractivity contribution in [3.8, 4) is 0 Å². The summed E-state index contributed by atoms with van der Waals surface area (Å²) in [7, 11) is 0. The molecule has 6 nitrogen and oxygen atoms in total. The highest BCUT2D eigenvalue weighted by molar-refractivity contribution is 6.12. The van der Waals surface area contributed by atoms with E-state index in [4.69, 9.17) is 0 Å². The number of aryl methyl sites for hydroxylation is 3. The van der Waals surface area contributed by atoms with Crippen LogP contribution < -0.4 is 10.2 Å². The van der Waals surface area contributed by atoms with Crippen LogP contribution in [0.15, 0.2) is 72.8 Å². The maximum atomic E-state index is 13.8. The standard InChI is InChI=1S/C28H25N3O3/c32-25(31-23-13-5-2-9-20(23)15-16-21-10-3-6-14-24(21)31)18-30-26(33)28(29-27(30)34)17-7-11-19-8-1-4-12-22(19)28/h1-6,8-10,12-14H,7,11,15-18H2,(H,29,34). The number of urea groups is 1. The highest BCUT2D eigenvalue weighted by Crippen LogP contribution is 2.41. The number of para-hydroxylation sites is 2. The minimum Gasteiger partial charge on any atom is -0.319 e. The van der Waals surface area contributed by atoms with Crippen LogP contribution in [-0.2, 0) is 34.4 Å². The van der Waals surface area contributed by atoms with Gasteiger partial charge < -0.3 is 5.32 Å². The van der Waals surface area contributed by atoms with Crippen LogP contribution in [0.1, 0.15) is 35.1 Å². The molecule has 6 rings (SSSR count). The number of hydrogen-bond acceptors (Lipinski definition) is 3. The molecule has 1 saturated heterocycles. The van der Waals surface area contributed by atoms with Gasteiger partial charge in [0.15, 0.2) is 0 Å². The Bertz CT molecular complexity index is 1290. The second kappa shape index (κ2) is 7.83. The minimum atomic E-state index is -1.08. The zero-order valence-corrected chi connectivity index (χ0v) is 18.8. The molecule has 0 bridgehead atoms. The van der Waals surface area contributed by atoms with Crippen molar-refractivity contribution in [2.24, 2.45) is 0 Å². The molecule has 1 N–H and O–H groups in total. The van der Waals surface area contributed by atoms with Crippen LogP contribution in [0.2, 0.25) is 0 Å². The van der Waals surface area contributed by atoms with Crippen LogP contribution in [0.5, 0.6) is 0 Å². The molecular formula is C28H25N3O3. The SMILES string of the molecule is O=C1NC2(CCCc3ccccc32)C(=O)N1CC(=O)N1c2ccccc2CCc2ccccc21. The highest BCUT2D eigenvalue weighted by atomic mass is 16.2. The van der Waals surface area contributed by atoms with E-state index in [1.807, 2.05) is 72.8 Å². The van der Waals surface area contributed by atoms with Gasteiger partial charge in [-0.3, -0.25) is 19.4 Å². The fourth-order valence-electron chi connectivity index (χ4n) is 5.71. The van der Waals surface area contributed by atoms with Gasteiger partial charge in [0.05, 0.1) is 11.4 Å². The first-order valence-corrected chi connectivity index (χ1v) is 11.8. The van der Waals surface area contributed by atoms with Gasteiger partial charge >= 0.3 is 6.03 Å². The molecule has 1 fully saturated rings.